The van der Waals surface area contributed by atoms with Gasteiger partial charge in [-0.1, -0.05) is 23.8 Å². The van der Waals surface area contributed by atoms with E-state index in [-0.39, 0.29) is 18.4 Å². The van der Waals surface area contributed by atoms with E-state index in [0.717, 1.165) is 11.1 Å². The molecule has 80 valence electrons. The first-order valence-electron chi connectivity index (χ1n) is 4.53. The smallest absolute Gasteiger partial charge is 0.0704 e. The van der Waals surface area contributed by atoms with Gasteiger partial charge in [-0.25, -0.2) is 0 Å². The van der Waals surface area contributed by atoms with Crippen LogP contribution in [0.5, 0.6) is 0 Å². The summed E-state index contributed by atoms with van der Waals surface area (Å²) in [6.07, 6.45) is -0.500. The van der Waals surface area contributed by atoms with Gasteiger partial charge in [0, 0.05) is 0 Å². The molecule has 0 aliphatic heterocycles. The topological polar surface area (TPSA) is 46.2 Å². The van der Waals surface area contributed by atoms with Gasteiger partial charge in [-0.05, 0) is 31.9 Å². The number of benzene rings is 1. The maximum atomic E-state index is 9.36. The molecule has 14 heavy (non-hydrogen) atoms. The Morgan fingerprint density at radius 2 is 1.86 bits per heavy atom. The Labute approximate surface area is 91.5 Å². The minimum Gasteiger partial charge on any atom is -0.391 e. The summed E-state index contributed by atoms with van der Waals surface area (Å²) in [4.78, 5) is 0. The molecule has 3 N–H and O–H groups in total. The summed E-state index contributed by atoms with van der Waals surface area (Å²) in [5.41, 5.74) is 9.21. The van der Waals surface area contributed by atoms with E-state index >= 15 is 0 Å². The first kappa shape index (κ1) is 13.4. The van der Waals surface area contributed by atoms with Crippen LogP contribution in [0.25, 0.3) is 0 Å². The minimum absolute atomic E-state index is 0. The summed E-state index contributed by atoms with van der Waals surface area (Å²) in [7, 11) is 0. The first-order valence-corrected chi connectivity index (χ1v) is 4.53. The molecular weight excluding hydrogens is 198 g/mol. The molecule has 0 heterocycles. The monoisotopic (exact) mass is 215 g/mol. The second kappa shape index (κ2) is 5.35. The van der Waals surface area contributed by atoms with Crippen LogP contribution in [0, 0.1) is 13.8 Å². The first-order chi connectivity index (χ1) is 6.02. The van der Waals surface area contributed by atoms with Gasteiger partial charge in [0.1, 0.15) is 0 Å². The Bertz CT molecular complexity index is 299. The fourth-order valence-corrected chi connectivity index (χ4v) is 1.38. The molecule has 3 heteroatoms. The van der Waals surface area contributed by atoms with Gasteiger partial charge >= 0.3 is 0 Å². The predicted molar refractivity (Wildman–Crippen MR) is 61.8 cm³/mol. The molecule has 0 amide bonds. The highest BCUT2D eigenvalue weighted by Gasteiger charge is 2.13. The minimum atomic E-state index is -0.500. The van der Waals surface area contributed by atoms with Crippen LogP contribution < -0.4 is 5.73 Å². The van der Waals surface area contributed by atoms with Crippen molar-refractivity contribution in [3.63, 3.8) is 0 Å². The molecule has 0 saturated carbocycles. The van der Waals surface area contributed by atoms with E-state index < -0.39 is 6.10 Å². The molecule has 2 nitrogen and oxygen atoms in total. The van der Waals surface area contributed by atoms with Crippen LogP contribution in [0.3, 0.4) is 0 Å². The van der Waals surface area contributed by atoms with Gasteiger partial charge in [0.15, 0.2) is 0 Å². The molecule has 0 aliphatic carbocycles. The Morgan fingerprint density at radius 1 is 1.29 bits per heavy atom. The van der Waals surface area contributed by atoms with Crippen LogP contribution in [0.15, 0.2) is 18.2 Å². The van der Waals surface area contributed by atoms with E-state index in [4.69, 9.17) is 5.73 Å². The molecular formula is C11H18ClNO. The van der Waals surface area contributed by atoms with Gasteiger partial charge < -0.3 is 10.8 Å². The quantitative estimate of drug-likeness (QED) is 0.794. The van der Waals surface area contributed by atoms with Crippen LogP contribution in [0.1, 0.15) is 29.7 Å². The van der Waals surface area contributed by atoms with Crippen LogP contribution in [0.4, 0.5) is 0 Å². The largest absolute Gasteiger partial charge is 0.391 e. The predicted octanol–water partition coefficient (Wildman–Crippen LogP) is 2.11. The summed E-state index contributed by atoms with van der Waals surface area (Å²) in [5, 5.41) is 9.36. The third kappa shape index (κ3) is 2.98. The average molecular weight is 216 g/mol. The molecule has 0 radical (unpaired) electrons. The number of nitrogens with two attached hydrogens (primary N) is 1. The summed E-state index contributed by atoms with van der Waals surface area (Å²) in [6, 6.07) is 5.84. The van der Waals surface area contributed by atoms with Gasteiger partial charge in [0.25, 0.3) is 0 Å². The molecule has 0 bridgehead atoms. The van der Waals surface area contributed by atoms with Crippen molar-refractivity contribution in [3.05, 3.63) is 34.9 Å². The zero-order valence-corrected chi connectivity index (χ0v) is 9.64. The number of rotatable bonds is 2. The standard InChI is InChI=1S/C11H17NO.ClH/c1-7-4-5-8(2)10(6-7)11(12)9(3)13;/h4-6,9,11,13H,12H2,1-3H3;1H/t9-,11-;/m0./s1. The lowest BCUT2D eigenvalue weighted by Gasteiger charge is -2.17. The average Bonchev–Trinajstić information content (AvgIpc) is 2.08. The number of hydrogen-bond acceptors (Lipinski definition) is 2. The molecule has 1 aromatic rings. The lowest BCUT2D eigenvalue weighted by molar-refractivity contribution is 0.164. The third-order valence-corrected chi connectivity index (χ3v) is 2.31. The van der Waals surface area contributed by atoms with Gasteiger partial charge in [-0.3, -0.25) is 0 Å². The van der Waals surface area contributed by atoms with E-state index in [1.807, 2.05) is 32.0 Å². The Hall–Kier alpha value is -0.570. The van der Waals surface area contributed by atoms with Crippen molar-refractivity contribution in [2.24, 2.45) is 5.73 Å². The van der Waals surface area contributed by atoms with Crippen molar-refractivity contribution in [2.45, 2.75) is 32.9 Å². The van der Waals surface area contributed by atoms with E-state index in [9.17, 15) is 5.11 Å². The summed E-state index contributed by atoms with van der Waals surface area (Å²) in [6.45, 7) is 5.75. The zero-order chi connectivity index (χ0) is 10.0. The fourth-order valence-electron chi connectivity index (χ4n) is 1.38. The van der Waals surface area contributed by atoms with Crippen LogP contribution in [-0.2, 0) is 0 Å². The van der Waals surface area contributed by atoms with Crippen LogP contribution in [-0.4, -0.2) is 11.2 Å². The second-order valence-electron chi connectivity index (χ2n) is 3.63. The lowest BCUT2D eigenvalue weighted by Crippen LogP contribution is -2.24. The Balaban J connectivity index is 0.00000169. The molecule has 1 aromatic carbocycles. The maximum Gasteiger partial charge on any atom is 0.0704 e. The maximum absolute atomic E-state index is 9.36. The van der Waals surface area contributed by atoms with E-state index in [2.05, 4.69) is 0 Å². The third-order valence-electron chi connectivity index (χ3n) is 2.31. The van der Waals surface area contributed by atoms with E-state index in [1.165, 1.54) is 5.56 Å². The highest BCUT2D eigenvalue weighted by Crippen LogP contribution is 2.19. The molecule has 0 aliphatic rings. The van der Waals surface area contributed by atoms with Crippen molar-refractivity contribution in [2.75, 3.05) is 0 Å². The molecule has 0 spiro atoms. The van der Waals surface area contributed by atoms with Gasteiger partial charge in [-0.2, -0.15) is 0 Å². The fraction of sp³-hybridized carbons (Fsp3) is 0.455. The van der Waals surface area contributed by atoms with Crippen molar-refractivity contribution >= 4 is 12.4 Å². The van der Waals surface area contributed by atoms with Crippen LogP contribution in [0.2, 0.25) is 0 Å². The van der Waals surface area contributed by atoms with Gasteiger partial charge in [0.2, 0.25) is 0 Å². The van der Waals surface area contributed by atoms with E-state index in [1.54, 1.807) is 6.92 Å². The second-order valence-corrected chi connectivity index (χ2v) is 3.63. The molecule has 0 fully saturated rings. The summed E-state index contributed by atoms with van der Waals surface area (Å²) >= 11 is 0. The lowest BCUT2D eigenvalue weighted by atomic mass is 9.97. The Kier molecular flexibility index (Phi) is 5.13. The van der Waals surface area contributed by atoms with Crippen LogP contribution >= 0.6 is 12.4 Å². The van der Waals surface area contributed by atoms with Gasteiger partial charge in [-0.15, -0.1) is 12.4 Å². The zero-order valence-electron chi connectivity index (χ0n) is 8.82. The summed E-state index contributed by atoms with van der Waals surface area (Å²) in [5.74, 6) is 0. The highest BCUT2D eigenvalue weighted by molar-refractivity contribution is 5.85. The number of hydrogen-bond donors (Lipinski definition) is 2. The molecule has 0 saturated heterocycles. The summed E-state index contributed by atoms with van der Waals surface area (Å²) < 4.78 is 0. The number of halogens is 1. The number of aryl methyl sites for hydroxylation is 2. The highest BCUT2D eigenvalue weighted by atomic mass is 35.5. The van der Waals surface area contributed by atoms with Crippen molar-refractivity contribution in [3.8, 4) is 0 Å². The SMILES string of the molecule is Cc1ccc(C)c([C@@H](N)[C@H](C)O)c1.Cl. The number of aliphatic hydroxyl groups is 1. The molecule has 2 atom stereocenters. The van der Waals surface area contributed by atoms with Crippen molar-refractivity contribution < 1.29 is 5.11 Å². The molecule has 0 aromatic heterocycles. The van der Waals surface area contributed by atoms with Gasteiger partial charge in [0.05, 0.1) is 12.1 Å². The number of aliphatic hydroxyl groups excluding tert-OH is 1. The molecule has 0 unspecified atom stereocenters. The van der Waals surface area contributed by atoms with Crippen molar-refractivity contribution in [1.82, 2.24) is 0 Å². The normalized spacial score (nSPS) is 14.4. The van der Waals surface area contributed by atoms with Crippen molar-refractivity contribution in [1.29, 1.82) is 0 Å². The Morgan fingerprint density at radius 3 is 2.36 bits per heavy atom. The van der Waals surface area contributed by atoms with E-state index in [0.29, 0.717) is 0 Å². The molecule has 1 rings (SSSR count).